The third kappa shape index (κ3) is 3.60. The summed E-state index contributed by atoms with van der Waals surface area (Å²) in [4.78, 5) is 15.2. The highest BCUT2D eigenvalue weighted by molar-refractivity contribution is 5.91. The molecule has 4 heteroatoms. The maximum absolute atomic E-state index is 11.1. The first-order valence-corrected chi connectivity index (χ1v) is 7.67. The van der Waals surface area contributed by atoms with Crippen molar-refractivity contribution >= 4 is 5.91 Å². The number of pyridine rings is 1. The number of carbonyl (C=O) groups is 1. The fourth-order valence-corrected chi connectivity index (χ4v) is 2.38. The molecule has 3 aromatic rings. The molecule has 0 spiro atoms. The number of hydrogen-bond donors (Lipinski definition) is 1. The van der Waals surface area contributed by atoms with Crippen LogP contribution in [0.25, 0.3) is 11.1 Å². The molecule has 0 bridgehead atoms. The van der Waals surface area contributed by atoms with Gasteiger partial charge in [-0.25, -0.2) is 0 Å². The van der Waals surface area contributed by atoms with E-state index in [9.17, 15) is 4.79 Å². The topological polar surface area (TPSA) is 65.2 Å². The number of aryl methyl sites for hydroxylation is 1. The lowest BCUT2D eigenvalue weighted by atomic mass is 10.0. The zero-order valence-corrected chi connectivity index (χ0v) is 13.4. The van der Waals surface area contributed by atoms with Crippen LogP contribution in [-0.4, -0.2) is 10.9 Å². The van der Waals surface area contributed by atoms with E-state index >= 15 is 0 Å². The van der Waals surface area contributed by atoms with Gasteiger partial charge in [0.2, 0.25) is 0 Å². The quantitative estimate of drug-likeness (QED) is 0.779. The van der Waals surface area contributed by atoms with Gasteiger partial charge in [-0.3, -0.25) is 9.78 Å². The van der Waals surface area contributed by atoms with Crippen LogP contribution in [0.3, 0.4) is 0 Å². The lowest BCUT2D eigenvalue weighted by Gasteiger charge is -2.11. The molecule has 2 aromatic carbocycles. The van der Waals surface area contributed by atoms with Crippen molar-refractivity contribution < 1.29 is 9.53 Å². The van der Waals surface area contributed by atoms with Crippen LogP contribution in [0, 0.1) is 6.92 Å². The van der Waals surface area contributed by atoms with Gasteiger partial charge in [0.1, 0.15) is 18.1 Å². The first kappa shape index (κ1) is 15.7. The maximum Gasteiger partial charge on any atom is 0.267 e. The van der Waals surface area contributed by atoms with Crippen molar-refractivity contribution in [3.05, 3.63) is 83.7 Å². The molecule has 1 aromatic heterocycles. The smallest absolute Gasteiger partial charge is 0.267 e. The predicted octanol–water partition coefficient (Wildman–Crippen LogP) is 3.73. The highest BCUT2D eigenvalue weighted by atomic mass is 16.5. The molecular weight excluding hydrogens is 300 g/mol. The number of carbonyl (C=O) groups excluding carboxylic acids is 1. The molecule has 0 unspecified atom stereocenters. The Kier molecular flexibility index (Phi) is 4.57. The summed E-state index contributed by atoms with van der Waals surface area (Å²) < 4.78 is 5.95. The van der Waals surface area contributed by atoms with Gasteiger partial charge < -0.3 is 10.5 Å². The number of benzene rings is 2. The molecule has 0 aliphatic heterocycles. The van der Waals surface area contributed by atoms with Gasteiger partial charge in [0.25, 0.3) is 5.91 Å². The molecule has 0 saturated heterocycles. The molecule has 0 aliphatic rings. The number of nitrogens with zero attached hydrogens (tertiary/aromatic N) is 1. The minimum atomic E-state index is -0.530. The van der Waals surface area contributed by atoms with Crippen LogP contribution in [0.4, 0.5) is 0 Å². The summed E-state index contributed by atoms with van der Waals surface area (Å²) in [7, 11) is 0. The lowest BCUT2D eigenvalue weighted by molar-refractivity contribution is 0.0995. The minimum Gasteiger partial charge on any atom is -0.489 e. The van der Waals surface area contributed by atoms with Crippen LogP contribution in [-0.2, 0) is 6.61 Å². The third-order valence-electron chi connectivity index (χ3n) is 3.77. The second kappa shape index (κ2) is 6.96. The Morgan fingerprint density at radius 1 is 1.04 bits per heavy atom. The van der Waals surface area contributed by atoms with E-state index in [4.69, 9.17) is 10.5 Å². The normalized spacial score (nSPS) is 10.4. The van der Waals surface area contributed by atoms with Crippen molar-refractivity contribution in [2.75, 3.05) is 0 Å². The van der Waals surface area contributed by atoms with Gasteiger partial charge in [0.05, 0.1) is 0 Å². The number of amides is 1. The van der Waals surface area contributed by atoms with Crippen molar-refractivity contribution in [1.29, 1.82) is 0 Å². The Hall–Kier alpha value is -3.14. The average molecular weight is 318 g/mol. The maximum atomic E-state index is 11.1. The molecule has 3 rings (SSSR count). The van der Waals surface area contributed by atoms with E-state index in [-0.39, 0.29) is 5.69 Å². The fraction of sp³-hybridized carbons (Fsp3) is 0.100. The second-order valence-electron chi connectivity index (χ2n) is 5.55. The van der Waals surface area contributed by atoms with Crippen molar-refractivity contribution in [1.82, 2.24) is 4.98 Å². The largest absolute Gasteiger partial charge is 0.489 e. The first-order valence-electron chi connectivity index (χ1n) is 7.67. The zero-order valence-electron chi connectivity index (χ0n) is 13.4. The van der Waals surface area contributed by atoms with Crippen molar-refractivity contribution in [3.63, 3.8) is 0 Å². The summed E-state index contributed by atoms with van der Waals surface area (Å²) in [5, 5.41) is 0. The lowest BCUT2D eigenvalue weighted by Crippen LogP contribution is -2.12. The van der Waals surface area contributed by atoms with Crippen LogP contribution in [0.15, 0.2) is 66.9 Å². The average Bonchev–Trinajstić information content (AvgIpc) is 2.62. The number of ether oxygens (including phenoxy) is 1. The molecule has 4 nitrogen and oxygen atoms in total. The van der Waals surface area contributed by atoms with Crippen molar-refractivity contribution in [2.45, 2.75) is 13.5 Å². The van der Waals surface area contributed by atoms with Crippen LogP contribution in [0.1, 0.15) is 21.6 Å². The fourth-order valence-electron chi connectivity index (χ4n) is 2.38. The van der Waals surface area contributed by atoms with Gasteiger partial charge >= 0.3 is 0 Å². The Balaban J connectivity index is 1.81. The van der Waals surface area contributed by atoms with Gasteiger partial charge in [-0.15, -0.1) is 0 Å². The standard InChI is InChI=1S/C20H18N2O2/c1-14-7-8-16(17-9-10-18(20(21)23)22-12-17)11-19(14)24-13-15-5-3-2-4-6-15/h2-12H,13H2,1H3,(H2,21,23). The number of rotatable bonds is 5. The van der Waals surface area contributed by atoms with E-state index in [2.05, 4.69) is 4.98 Å². The number of nitrogens with two attached hydrogens (primary N) is 1. The number of hydrogen-bond acceptors (Lipinski definition) is 3. The van der Waals surface area contributed by atoms with Gasteiger partial charge in [0, 0.05) is 11.8 Å². The highest BCUT2D eigenvalue weighted by Crippen LogP contribution is 2.27. The molecule has 0 atom stereocenters. The van der Waals surface area contributed by atoms with E-state index in [0.29, 0.717) is 6.61 Å². The Bertz CT molecular complexity index is 843. The predicted molar refractivity (Wildman–Crippen MR) is 93.7 cm³/mol. The number of primary amides is 1. The molecule has 1 heterocycles. The molecule has 0 aliphatic carbocycles. The van der Waals surface area contributed by atoms with Gasteiger partial charge in [-0.05, 0) is 35.7 Å². The minimum absolute atomic E-state index is 0.256. The van der Waals surface area contributed by atoms with Crippen LogP contribution < -0.4 is 10.5 Å². The molecule has 0 saturated carbocycles. The summed E-state index contributed by atoms with van der Waals surface area (Å²) in [5.41, 5.74) is 9.55. The molecular formula is C20H18N2O2. The van der Waals surface area contributed by atoms with Crippen molar-refractivity contribution in [2.24, 2.45) is 5.73 Å². The van der Waals surface area contributed by atoms with Gasteiger partial charge in [0.15, 0.2) is 0 Å². The van der Waals surface area contributed by atoms with Crippen LogP contribution >= 0.6 is 0 Å². The Labute approximate surface area is 140 Å². The van der Waals surface area contributed by atoms with Gasteiger partial charge in [-0.2, -0.15) is 0 Å². The van der Waals surface area contributed by atoms with Crippen LogP contribution in [0.5, 0.6) is 5.75 Å². The molecule has 24 heavy (non-hydrogen) atoms. The van der Waals surface area contributed by atoms with Gasteiger partial charge in [-0.1, -0.05) is 48.5 Å². The third-order valence-corrected chi connectivity index (χ3v) is 3.77. The summed E-state index contributed by atoms with van der Waals surface area (Å²) in [5.74, 6) is 0.299. The van der Waals surface area contributed by atoms with Crippen LogP contribution in [0.2, 0.25) is 0 Å². The molecule has 1 amide bonds. The van der Waals surface area contributed by atoms with E-state index in [1.54, 1.807) is 12.3 Å². The molecule has 0 radical (unpaired) electrons. The highest BCUT2D eigenvalue weighted by Gasteiger charge is 2.07. The van der Waals surface area contributed by atoms with E-state index in [0.717, 1.165) is 28.0 Å². The Morgan fingerprint density at radius 3 is 2.46 bits per heavy atom. The molecule has 120 valence electrons. The Morgan fingerprint density at radius 2 is 1.79 bits per heavy atom. The summed E-state index contributed by atoms with van der Waals surface area (Å²) in [6, 6.07) is 19.5. The SMILES string of the molecule is Cc1ccc(-c2ccc(C(N)=O)nc2)cc1OCc1ccccc1. The summed E-state index contributed by atoms with van der Waals surface area (Å²) in [6.07, 6.45) is 1.64. The van der Waals surface area contributed by atoms with E-state index in [1.807, 2.05) is 61.5 Å². The zero-order chi connectivity index (χ0) is 16.9. The molecule has 0 fully saturated rings. The number of aromatic nitrogens is 1. The van der Waals surface area contributed by atoms with E-state index < -0.39 is 5.91 Å². The summed E-state index contributed by atoms with van der Waals surface area (Å²) >= 11 is 0. The van der Waals surface area contributed by atoms with E-state index in [1.165, 1.54) is 0 Å². The van der Waals surface area contributed by atoms with Crippen molar-refractivity contribution in [3.8, 4) is 16.9 Å². The second-order valence-corrected chi connectivity index (χ2v) is 5.55. The molecule has 2 N–H and O–H groups in total. The first-order chi connectivity index (χ1) is 11.6. The monoisotopic (exact) mass is 318 g/mol. The summed E-state index contributed by atoms with van der Waals surface area (Å²) in [6.45, 7) is 2.53.